The SMILES string of the molecule is CC=N/C(=C\C)Cn1ccc2ccc(CN)cc21. The Morgan fingerprint density at radius 3 is 2.83 bits per heavy atom. The van der Waals surface area contributed by atoms with Crippen molar-refractivity contribution < 1.29 is 0 Å². The molecule has 0 spiro atoms. The maximum atomic E-state index is 5.69. The van der Waals surface area contributed by atoms with Crippen molar-refractivity contribution in [3.05, 3.63) is 47.8 Å². The Morgan fingerprint density at radius 2 is 2.17 bits per heavy atom. The quantitative estimate of drug-likeness (QED) is 0.821. The van der Waals surface area contributed by atoms with Gasteiger partial charge in [-0.15, -0.1) is 0 Å². The number of rotatable bonds is 4. The van der Waals surface area contributed by atoms with Crippen molar-refractivity contribution in [1.29, 1.82) is 0 Å². The molecule has 2 N–H and O–H groups in total. The Morgan fingerprint density at radius 1 is 1.33 bits per heavy atom. The lowest BCUT2D eigenvalue weighted by Crippen LogP contribution is -2.00. The summed E-state index contributed by atoms with van der Waals surface area (Å²) in [5.74, 6) is 0. The van der Waals surface area contributed by atoms with Crippen molar-refractivity contribution in [2.75, 3.05) is 0 Å². The molecule has 1 heterocycles. The van der Waals surface area contributed by atoms with Crippen molar-refractivity contribution >= 4 is 17.1 Å². The van der Waals surface area contributed by atoms with Crippen LogP contribution in [-0.4, -0.2) is 10.8 Å². The second-order valence-corrected chi connectivity index (χ2v) is 4.21. The number of aliphatic imine (C=N–C) groups is 1. The van der Waals surface area contributed by atoms with Crippen LogP contribution in [0.15, 0.2) is 47.2 Å². The summed E-state index contributed by atoms with van der Waals surface area (Å²) in [6.07, 6.45) is 5.96. The van der Waals surface area contributed by atoms with Gasteiger partial charge in [-0.1, -0.05) is 18.2 Å². The minimum atomic E-state index is 0.574. The Bertz CT molecular complexity index is 591. The Kier molecular flexibility index (Phi) is 3.95. The third-order valence-electron chi connectivity index (χ3n) is 3.03. The topological polar surface area (TPSA) is 43.3 Å². The molecule has 0 fully saturated rings. The molecule has 0 aliphatic rings. The molecule has 0 amide bonds. The molecule has 0 unspecified atom stereocenters. The normalized spacial score (nSPS) is 12.7. The van der Waals surface area contributed by atoms with Gasteiger partial charge < -0.3 is 10.3 Å². The smallest absolute Gasteiger partial charge is 0.0645 e. The zero-order valence-electron chi connectivity index (χ0n) is 10.9. The van der Waals surface area contributed by atoms with Crippen molar-refractivity contribution in [1.82, 2.24) is 4.57 Å². The van der Waals surface area contributed by atoms with Gasteiger partial charge in [0, 0.05) is 24.5 Å². The predicted molar refractivity (Wildman–Crippen MR) is 77.8 cm³/mol. The number of hydrogen-bond donors (Lipinski definition) is 1. The minimum Gasteiger partial charge on any atom is -0.341 e. The highest BCUT2D eigenvalue weighted by Crippen LogP contribution is 2.19. The van der Waals surface area contributed by atoms with E-state index in [1.807, 2.05) is 26.1 Å². The maximum Gasteiger partial charge on any atom is 0.0645 e. The van der Waals surface area contributed by atoms with E-state index < -0.39 is 0 Å². The van der Waals surface area contributed by atoms with E-state index in [0.29, 0.717) is 6.54 Å². The summed E-state index contributed by atoms with van der Waals surface area (Å²) in [6.45, 7) is 5.31. The van der Waals surface area contributed by atoms with E-state index in [2.05, 4.69) is 40.0 Å². The van der Waals surface area contributed by atoms with Crippen molar-refractivity contribution in [3.8, 4) is 0 Å². The van der Waals surface area contributed by atoms with Crippen LogP contribution in [-0.2, 0) is 13.1 Å². The van der Waals surface area contributed by atoms with Gasteiger partial charge in [-0.2, -0.15) is 0 Å². The summed E-state index contributed by atoms with van der Waals surface area (Å²) >= 11 is 0. The molecule has 0 bridgehead atoms. The summed E-state index contributed by atoms with van der Waals surface area (Å²) < 4.78 is 2.21. The third-order valence-corrected chi connectivity index (χ3v) is 3.03. The lowest BCUT2D eigenvalue weighted by atomic mass is 10.1. The fraction of sp³-hybridized carbons (Fsp3) is 0.267. The van der Waals surface area contributed by atoms with Gasteiger partial charge in [0.05, 0.1) is 12.2 Å². The van der Waals surface area contributed by atoms with Crippen LogP contribution >= 0.6 is 0 Å². The van der Waals surface area contributed by atoms with Gasteiger partial charge >= 0.3 is 0 Å². The molecule has 2 aromatic rings. The Hall–Kier alpha value is -1.87. The van der Waals surface area contributed by atoms with Crippen LogP contribution in [0.1, 0.15) is 19.4 Å². The molecule has 0 saturated carbocycles. The molecule has 1 aromatic heterocycles. The first-order valence-electron chi connectivity index (χ1n) is 6.20. The van der Waals surface area contributed by atoms with Crippen molar-refractivity contribution in [2.24, 2.45) is 10.7 Å². The lowest BCUT2D eigenvalue weighted by Gasteiger charge is -2.06. The van der Waals surface area contributed by atoms with E-state index >= 15 is 0 Å². The standard InChI is InChI=1S/C15H19N3/c1-3-14(17-4-2)11-18-8-7-13-6-5-12(10-16)9-15(13)18/h3-9H,10-11,16H2,1-2H3/b14-3-,17-4?. The van der Waals surface area contributed by atoms with E-state index in [4.69, 9.17) is 5.73 Å². The summed E-state index contributed by atoms with van der Waals surface area (Å²) in [7, 11) is 0. The van der Waals surface area contributed by atoms with Gasteiger partial charge in [-0.05, 0) is 36.9 Å². The number of allylic oxidation sites excluding steroid dienone is 2. The van der Waals surface area contributed by atoms with E-state index in [0.717, 1.165) is 17.8 Å². The number of hydrogen-bond acceptors (Lipinski definition) is 2. The Balaban J connectivity index is 2.39. The molecule has 18 heavy (non-hydrogen) atoms. The van der Waals surface area contributed by atoms with Crippen molar-refractivity contribution in [3.63, 3.8) is 0 Å². The highest BCUT2D eigenvalue weighted by atomic mass is 15.0. The van der Waals surface area contributed by atoms with E-state index in [1.54, 1.807) is 0 Å². The van der Waals surface area contributed by atoms with E-state index in [1.165, 1.54) is 10.9 Å². The number of nitrogens with zero attached hydrogens (tertiary/aromatic N) is 2. The fourth-order valence-corrected chi connectivity index (χ4v) is 2.04. The van der Waals surface area contributed by atoms with Gasteiger partial charge in [0.1, 0.15) is 0 Å². The molecule has 0 saturated heterocycles. The predicted octanol–water partition coefficient (Wildman–Crippen LogP) is 3.09. The first-order chi connectivity index (χ1) is 8.78. The fourth-order valence-electron chi connectivity index (χ4n) is 2.04. The minimum absolute atomic E-state index is 0.574. The molecular weight excluding hydrogens is 222 g/mol. The second kappa shape index (κ2) is 5.65. The van der Waals surface area contributed by atoms with Crippen LogP contribution in [0.4, 0.5) is 0 Å². The Labute approximate surface area is 108 Å². The van der Waals surface area contributed by atoms with Crippen LogP contribution in [0.5, 0.6) is 0 Å². The molecule has 0 aliphatic heterocycles. The van der Waals surface area contributed by atoms with Crippen molar-refractivity contribution in [2.45, 2.75) is 26.9 Å². The van der Waals surface area contributed by atoms with Gasteiger partial charge in [0.25, 0.3) is 0 Å². The first kappa shape index (κ1) is 12.6. The first-order valence-corrected chi connectivity index (χ1v) is 6.20. The monoisotopic (exact) mass is 241 g/mol. The molecule has 0 aliphatic carbocycles. The van der Waals surface area contributed by atoms with Crippen LogP contribution in [0.25, 0.3) is 10.9 Å². The van der Waals surface area contributed by atoms with Gasteiger partial charge in [-0.25, -0.2) is 0 Å². The average Bonchev–Trinajstić information content (AvgIpc) is 2.80. The summed E-state index contributed by atoms with van der Waals surface area (Å²) in [6, 6.07) is 8.47. The zero-order chi connectivity index (χ0) is 13.0. The largest absolute Gasteiger partial charge is 0.341 e. The summed E-state index contributed by atoms with van der Waals surface area (Å²) in [5, 5.41) is 1.24. The highest BCUT2D eigenvalue weighted by Gasteiger charge is 2.03. The number of aromatic nitrogens is 1. The number of fused-ring (bicyclic) bond motifs is 1. The molecule has 2 rings (SSSR count). The average molecular weight is 241 g/mol. The van der Waals surface area contributed by atoms with E-state index in [9.17, 15) is 0 Å². The lowest BCUT2D eigenvalue weighted by molar-refractivity contribution is 0.808. The molecule has 0 radical (unpaired) electrons. The molecule has 0 atom stereocenters. The molecule has 3 heteroatoms. The van der Waals surface area contributed by atoms with Crippen LogP contribution < -0.4 is 5.73 Å². The maximum absolute atomic E-state index is 5.69. The number of benzene rings is 1. The second-order valence-electron chi connectivity index (χ2n) is 4.21. The van der Waals surface area contributed by atoms with Crippen LogP contribution in [0.2, 0.25) is 0 Å². The molecular formula is C15H19N3. The summed E-state index contributed by atoms with van der Waals surface area (Å²) in [5.41, 5.74) is 9.12. The molecule has 1 aromatic carbocycles. The zero-order valence-corrected chi connectivity index (χ0v) is 10.9. The van der Waals surface area contributed by atoms with Gasteiger partial charge in [-0.3, -0.25) is 4.99 Å². The summed E-state index contributed by atoms with van der Waals surface area (Å²) in [4.78, 5) is 4.36. The number of nitrogens with two attached hydrogens (primary N) is 1. The van der Waals surface area contributed by atoms with Crippen LogP contribution in [0.3, 0.4) is 0 Å². The van der Waals surface area contributed by atoms with Crippen LogP contribution in [0, 0.1) is 0 Å². The molecule has 3 nitrogen and oxygen atoms in total. The molecule has 94 valence electrons. The van der Waals surface area contributed by atoms with E-state index in [-0.39, 0.29) is 0 Å². The van der Waals surface area contributed by atoms with Gasteiger partial charge in [0.15, 0.2) is 0 Å². The highest BCUT2D eigenvalue weighted by molar-refractivity contribution is 5.81. The third kappa shape index (κ3) is 2.51. The van der Waals surface area contributed by atoms with Gasteiger partial charge in [0.2, 0.25) is 0 Å².